The fraction of sp³-hybridized carbons (Fsp3) is 0.304. The number of hydrogen-bond acceptors (Lipinski definition) is 6. The molecule has 2 aliphatic rings. The standard InChI is InChI=1S/C23H19ClF2N4O2S/c1-10-9-30-11(8-29-10)4-5-32-20-13(23(30)31)6-16(26)18(19(20)24)12-2-3-15(25)21-17(12)14(7-27)22(28)33-21/h2-3,6,10-11,29H,4-5,8-9,28H2,1H3/t10-,11+/m1/s1. The SMILES string of the molecule is C[C@@H]1CN2C(=O)c3cc(F)c(-c4ccc(F)c5sc(N)c(C#N)c45)c(Cl)c3OCC[C@H]2CN1. The minimum Gasteiger partial charge on any atom is -0.491 e. The smallest absolute Gasteiger partial charge is 0.258 e. The van der Waals surface area contributed by atoms with Crippen molar-refractivity contribution in [1.29, 1.82) is 5.26 Å². The first-order chi connectivity index (χ1) is 15.8. The van der Waals surface area contributed by atoms with Gasteiger partial charge in [-0.25, -0.2) is 8.78 Å². The molecule has 1 fully saturated rings. The molecule has 3 heterocycles. The Morgan fingerprint density at radius 3 is 2.88 bits per heavy atom. The van der Waals surface area contributed by atoms with Gasteiger partial charge in [-0.05, 0) is 24.6 Å². The highest BCUT2D eigenvalue weighted by atomic mass is 35.5. The summed E-state index contributed by atoms with van der Waals surface area (Å²) in [6, 6.07) is 5.67. The van der Waals surface area contributed by atoms with Crippen molar-refractivity contribution < 1.29 is 18.3 Å². The number of anilines is 1. The van der Waals surface area contributed by atoms with Crippen molar-refractivity contribution in [2.75, 3.05) is 25.4 Å². The summed E-state index contributed by atoms with van der Waals surface area (Å²) in [4.78, 5) is 15.1. The molecular weight excluding hydrogens is 470 g/mol. The number of thiophene rings is 1. The molecule has 170 valence electrons. The molecule has 0 radical (unpaired) electrons. The first-order valence-electron chi connectivity index (χ1n) is 10.4. The molecular formula is C23H19ClF2N4O2S. The van der Waals surface area contributed by atoms with Crippen LogP contribution in [0.2, 0.25) is 5.02 Å². The van der Waals surface area contributed by atoms with Crippen LogP contribution >= 0.6 is 22.9 Å². The number of amides is 1. The highest BCUT2D eigenvalue weighted by molar-refractivity contribution is 7.23. The van der Waals surface area contributed by atoms with Crippen LogP contribution in [0, 0.1) is 23.0 Å². The maximum Gasteiger partial charge on any atom is 0.258 e. The number of nitriles is 1. The van der Waals surface area contributed by atoms with Gasteiger partial charge in [-0.3, -0.25) is 4.79 Å². The number of benzene rings is 2. The number of nitrogens with two attached hydrogens (primary N) is 1. The molecule has 0 aliphatic carbocycles. The summed E-state index contributed by atoms with van der Waals surface area (Å²) in [6.07, 6.45) is 0.592. The van der Waals surface area contributed by atoms with E-state index in [-0.39, 0.29) is 72.7 Å². The van der Waals surface area contributed by atoms with Gasteiger partial charge in [0.1, 0.15) is 22.7 Å². The zero-order chi connectivity index (χ0) is 23.4. The Balaban J connectivity index is 1.72. The van der Waals surface area contributed by atoms with Crippen LogP contribution in [0.3, 0.4) is 0 Å². The van der Waals surface area contributed by atoms with Crippen LogP contribution in [0.5, 0.6) is 5.75 Å². The zero-order valence-corrected chi connectivity index (χ0v) is 19.1. The average molecular weight is 489 g/mol. The molecule has 1 aromatic heterocycles. The first-order valence-corrected chi connectivity index (χ1v) is 11.6. The van der Waals surface area contributed by atoms with Crippen LogP contribution < -0.4 is 15.8 Å². The van der Waals surface area contributed by atoms with Crippen LogP contribution in [0.25, 0.3) is 21.2 Å². The monoisotopic (exact) mass is 488 g/mol. The maximum absolute atomic E-state index is 15.6. The number of nitrogen functional groups attached to an aromatic ring is 1. The summed E-state index contributed by atoms with van der Waals surface area (Å²) < 4.78 is 36.1. The van der Waals surface area contributed by atoms with Gasteiger partial charge in [-0.15, -0.1) is 11.3 Å². The third kappa shape index (κ3) is 3.41. The normalized spacial score (nSPS) is 20.5. The number of nitrogens with one attached hydrogen (secondary N) is 1. The molecule has 1 saturated heterocycles. The van der Waals surface area contributed by atoms with Gasteiger partial charge in [0.15, 0.2) is 5.75 Å². The molecule has 0 unspecified atom stereocenters. The lowest BCUT2D eigenvalue weighted by Gasteiger charge is -2.41. The Kier molecular flexibility index (Phi) is 5.40. The van der Waals surface area contributed by atoms with Gasteiger partial charge < -0.3 is 20.7 Å². The van der Waals surface area contributed by atoms with Gasteiger partial charge >= 0.3 is 0 Å². The molecule has 0 saturated carbocycles. The van der Waals surface area contributed by atoms with E-state index >= 15 is 4.39 Å². The molecule has 2 aliphatic heterocycles. The predicted molar refractivity (Wildman–Crippen MR) is 124 cm³/mol. The van der Waals surface area contributed by atoms with Crippen molar-refractivity contribution in [3.63, 3.8) is 0 Å². The van der Waals surface area contributed by atoms with E-state index in [2.05, 4.69) is 5.32 Å². The Morgan fingerprint density at radius 1 is 1.33 bits per heavy atom. The fourth-order valence-corrected chi connectivity index (χ4v) is 5.87. The first kappa shape index (κ1) is 21.9. The molecule has 1 amide bonds. The number of fused-ring (bicyclic) bond motifs is 3. The molecule has 2 atom stereocenters. The topological polar surface area (TPSA) is 91.4 Å². The van der Waals surface area contributed by atoms with Gasteiger partial charge in [0.05, 0.1) is 27.5 Å². The zero-order valence-electron chi connectivity index (χ0n) is 17.5. The third-order valence-corrected chi connectivity index (χ3v) is 7.56. The minimum absolute atomic E-state index is 0.0451. The number of ether oxygens (including phenoxy) is 1. The summed E-state index contributed by atoms with van der Waals surface area (Å²) in [5.41, 5.74) is 6.17. The number of piperazine rings is 1. The number of carbonyl (C=O) groups is 1. The molecule has 0 bridgehead atoms. The van der Waals surface area contributed by atoms with E-state index in [1.807, 2.05) is 13.0 Å². The lowest BCUT2D eigenvalue weighted by atomic mass is 9.95. The predicted octanol–water partition coefficient (Wildman–Crippen LogP) is 4.54. The second-order valence-corrected chi connectivity index (χ2v) is 9.66. The van der Waals surface area contributed by atoms with Crippen LogP contribution in [-0.4, -0.2) is 42.6 Å². The van der Waals surface area contributed by atoms with Crippen molar-refractivity contribution in [3.8, 4) is 22.9 Å². The Morgan fingerprint density at radius 2 is 2.12 bits per heavy atom. The Labute approximate surface area is 197 Å². The molecule has 6 nitrogen and oxygen atoms in total. The van der Waals surface area contributed by atoms with E-state index in [1.165, 1.54) is 12.1 Å². The average Bonchev–Trinajstić information content (AvgIpc) is 3.13. The molecule has 10 heteroatoms. The Bertz CT molecular complexity index is 1350. The number of hydrogen-bond donors (Lipinski definition) is 2. The highest BCUT2D eigenvalue weighted by Crippen LogP contribution is 2.47. The van der Waals surface area contributed by atoms with E-state index in [0.717, 1.165) is 17.4 Å². The lowest BCUT2D eigenvalue weighted by molar-refractivity contribution is 0.0527. The van der Waals surface area contributed by atoms with Gasteiger partial charge in [-0.1, -0.05) is 17.7 Å². The quantitative estimate of drug-likeness (QED) is 0.525. The van der Waals surface area contributed by atoms with Crippen molar-refractivity contribution in [3.05, 3.63) is 46.0 Å². The summed E-state index contributed by atoms with van der Waals surface area (Å²) in [7, 11) is 0. The van der Waals surface area contributed by atoms with Crippen molar-refractivity contribution in [1.82, 2.24) is 10.2 Å². The van der Waals surface area contributed by atoms with Crippen LogP contribution in [0.15, 0.2) is 18.2 Å². The largest absolute Gasteiger partial charge is 0.491 e. The summed E-state index contributed by atoms with van der Waals surface area (Å²) in [6.45, 7) is 3.39. The number of rotatable bonds is 1. The summed E-state index contributed by atoms with van der Waals surface area (Å²) >= 11 is 7.57. The fourth-order valence-electron chi connectivity index (χ4n) is 4.57. The maximum atomic E-state index is 15.6. The second kappa shape index (κ2) is 8.13. The lowest BCUT2D eigenvalue weighted by Crippen LogP contribution is -2.58. The van der Waals surface area contributed by atoms with Gasteiger partial charge in [0.25, 0.3) is 5.91 Å². The number of carbonyl (C=O) groups excluding carboxylic acids is 1. The van der Waals surface area contributed by atoms with Crippen LogP contribution in [0.1, 0.15) is 29.3 Å². The molecule has 3 N–H and O–H groups in total. The van der Waals surface area contributed by atoms with Crippen LogP contribution in [-0.2, 0) is 0 Å². The van der Waals surface area contributed by atoms with E-state index in [1.54, 1.807) is 4.90 Å². The number of halogens is 3. The molecule has 3 aromatic rings. The molecule has 2 aromatic carbocycles. The minimum atomic E-state index is -0.766. The van der Waals surface area contributed by atoms with Gasteiger partial charge in [0.2, 0.25) is 0 Å². The number of nitrogens with zero attached hydrogens (tertiary/aromatic N) is 2. The molecule has 0 spiro atoms. The van der Waals surface area contributed by atoms with Crippen molar-refractivity contribution in [2.24, 2.45) is 0 Å². The summed E-state index contributed by atoms with van der Waals surface area (Å²) in [5, 5.41) is 13.2. The summed E-state index contributed by atoms with van der Waals surface area (Å²) in [5.74, 6) is -1.60. The van der Waals surface area contributed by atoms with Crippen molar-refractivity contribution >= 4 is 43.9 Å². The Hall–Kier alpha value is -2.93. The van der Waals surface area contributed by atoms with E-state index in [0.29, 0.717) is 19.5 Å². The molecule has 33 heavy (non-hydrogen) atoms. The van der Waals surface area contributed by atoms with E-state index < -0.39 is 11.6 Å². The van der Waals surface area contributed by atoms with Crippen LogP contribution in [0.4, 0.5) is 13.8 Å². The second-order valence-electron chi connectivity index (χ2n) is 8.23. The van der Waals surface area contributed by atoms with Crippen molar-refractivity contribution in [2.45, 2.75) is 25.4 Å². The van der Waals surface area contributed by atoms with E-state index in [9.17, 15) is 14.4 Å². The third-order valence-electron chi connectivity index (χ3n) is 6.17. The molecule has 5 rings (SSSR count). The van der Waals surface area contributed by atoms with Gasteiger partial charge in [-0.2, -0.15) is 5.26 Å². The van der Waals surface area contributed by atoms with Gasteiger partial charge in [0, 0.05) is 42.5 Å². The highest BCUT2D eigenvalue weighted by Gasteiger charge is 2.35. The van der Waals surface area contributed by atoms with E-state index in [4.69, 9.17) is 22.1 Å².